The van der Waals surface area contributed by atoms with Crippen molar-refractivity contribution in [2.45, 2.75) is 66.7 Å². The Balaban J connectivity index is 1.78. The molecule has 4 aliphatic carbocycles. The largest absolute Gasteiger partial charge is 0.299 e. The number of Topliss-reactive ketones (excluding diaryl/α,β-unsaturated/α-hetero) is 1. The maximum absolute atomic E-state index is 12.7. The van der Waals surface area contributed by atoms with Crippen molar-refractivity contribution >= 4 is 11.6 Å². The van der Waals surface area contributed by atoms with Gasteiger partial charge in [0.2, 0.25) is 0 Å². The van der Waals surface area contributed by atoms with Crippen LogP contribution in [0.3, 0.4) is 0 Å². The molecule has 2 saturated carbocycles. The number of rotatable bonds is 1. The van der Waals surface area contributed by atoms with Crippen molar-refractivity contribution in [2.24, 2.45) is 39.9 Å². The molecule has 136 valence electrons. The van der Waals surface area contributed by atoms with E-state index in [1.54, 1.807) is 0 Å². The van der Waals surface area contributed by atoms with Crippen molar-refractivity contribution in [1.82, 2.24) is 0 Å². The highest BCUT2D eigenvalue weighted by Crippen LogP contribution is 2.70. The number of ketones is 2. The molecule has 0 aliphatic heterocycles. The van der Waals surface area contributed by atoms with E-state index in [1.807, 2.05) is 13.0 Å². The number of fused-ring (bicyclic) bond motifs is 5. The smallest absolute Gasteiger partial charge is 0.156 e. The minimum absolute atomic E-state index is 0.103. The van der Waals surface area contributed by atoms with Gasteiger partial charge in [0, 0.05) is 11.8 Å². The second kappa shape index (κ2) is 5.18. The van der Waals surface area contributed by atoms with Crippen LogP contribution in [-0.4, -0.2) is 11.6 Å². The lowest BCUT2D eigenvalue weighted by Gasteiger charge is -2.57. The summed E-state index contributed by atoms with van der Waals surface area (Å²) in [6.45, 7) is 11.1. The highest BCUT2D eigenvalue weighted by Gasteiger charge is 2.65. The van der Waals surface area contributed by atoms with Gasteiger partial charge in [0.25, 0.3) is 0 Å². The van der Waals surface area contributed by atoms with Gasteiger partial charge in [0.1, 0.15) is 5.78 Å². The van der Waals surface area contributed by atoms with E-state index in [1.165, 1.54) is 12.0 Å². The lowest BCUT2D eigenvalue weighted by atomic mass is 9.46. The summed E-state index contributed by atoms with van der Waals surface area (Å²) >= 11 is 0. The Kier molecular flexibility index (Phi) is 3.57. The topological polar surface area (TPSA) is 34.1 Å². The first kappa shape index (κ1) is 17.2. The zero-order valence-corrected chi connectivity index (χ0v) is 16.4. The average molecular weight is 341 g/mol. The predicted octanol–water partition coefficient (Wildman–Crippen LogP) is 5.14. The third-order valence-corrected chi connectivity index (χ3v) is 9.42. The molecule has 0 spiro atoms. The SMILES string of the molecule is CC(=O)[C@]1(C)[C@@H](C)C[C@@H]2[C@H]3C=CC4=CC(=O)CC[C@@]4(C)[C@@H]3CC[C@]21C. The molecule has 2 heteroatoms. The van der Waals surface area contributed by atoms with Crippen LogP contribution in [0.2, 0.25) is 0 Å². The third kappa shape index (κ3) is 1.97. The average Bonchev–Trinajstić information content (AvgIpc) is 2.77. The van der Waals surface area contributed by atoms with Crippen LogP contribution in [0, 0.1) is 39.9 Å². The summed E-state index contributed by atoms with van der Waals surface area (Å²) in [5, 5.41) is 0. The van der Waals surface area contributed by atoms with Gasteiger partial charge in [-0.1, -0.05) is 39.8 Å². The van der Waals surface area contributed by atoms with Gasteiger partial charge in [0.15, 0.2) is 5.78 Å². The fourth-order valence-electron chi connectivity index (χ4n) is 7.33. The molecule has 0 amide bonds. The van der Waals surface area contributed by atoms with Crippen LogP contribution < -0.4 is 0 Å². The minimum Gasteiger partial charge on any atom is -0.299 e. The van der Waals surface area contributed by atoms with Crippen molar-refractivity contribution in [3.63, 3.8) is 0 Å². The van der Waals surface area contributed by atoms with Crippen molar-refractivity contribution < 1.29 is 9.59 Å². The van der Waals surface area contributed by atoms with Crippen LogP contribution in [0.5, 0.6) is 0 Å². The second-order valence-electron chi connectivity index (χ2n) is 9.98. The molecule has 0 N–H and O–H groups in total. The van der Waals surface area contributed by atoms with E-state index in [2.05, 4.69) is 39.8 Å². The number of hydrogen-bond donors (Lipinski definition) is 0. The van der Waals surface area contributed by atoms with Crippen LogP contribution in [0.15, 0.2) is 23.8 Å². The van der Waals surface area contributed by atoms with Crippen molar-refractivity contribution in [3.05, 3.63) is 23.8 Å². The molecule has 0 heterocycles. The summed E-state index contributed by atoms with van der Waals surface area (Å²) in [7, 11) is 0. The van der Waals surface area contributed by atoms with Crippen LogP contribution >= 0.6 is 0 Å². The Morgan fingerprint density at radius 3 is 2.56 bits per heavy atom. The van der Waals surface area contributed by atoms with Gasteiger partial charge >= 0.3 is 0 Å². The van der Waals surface area contributed by atoms with E-state index in [0.29, 0.717) is 35.9 Å². The van der Waals surface area contributed by atoms with E-state index >= 15 is 0 Å². The molecule has 0 radical (unpaired) electrons. The second-order valence-corrected chi connectivity index (χ2v) is 9.98. The van der Waals surface area contributed by atoms with Gasteiger partial charge in [-0.25, -0.2) is 0 Å². The molecule has 0 aromatic carbocycles. The summed E-state index contributed by atoms with van der Waals surface area (Å²) in [6.07, 6.45) is 11.7. The standard InChI is InChI=1S/C23H32O2/c1-14-12-20-18-7-6-16-13-17(25)8-10-21(16,3)19(18)9-11-22(20,4)23(14,5)15(2)24/h6-7,13-14,18-20H,8-12H2,1-5H3/t14-,18-,19+,20+,21+,22+,23-/m0/s1. The number of hydrogen-bond acceptors (Lipinski definition) is 2. The summed E-state index contributed by atoms with van der Waals surface area (Å²) in [5.74, 6) is 2.87. The first-order valence-corrected chi connectivity index (χ1v) is 10.1. The van der Waals surface area contributed by atoms with Gasteiger partial charge in [0.05, 0.1) is 0 Å². The van der Waals surface area contributed by atoms with Crippen LogP contribution in [0.1, 0.15) is 66.7 Å². The molecule has 7 atom stereocenters. The number of carbonyl (C=O) groups excluding carboxylic acids is 2. The lowest BCUT2D eigenvalue weighted by Crippen LogP contribution is -2.52. The van der Waals surface area contributed by atoms with Gasteiger partial charge in [-0.15, -0.1) is 0 Å². The molecule has 2 fully saturated rings. The highest BCUT2D eigenvalue weighted by molar-refractivity contribution is 5.92. The molecule has 0 aromatic heterocycles. The van der Waals surface area contributed by atoms with E-state index in [9.17, 15) is 9.59 Å². The molecular weight excluding hydrogens is 308 g/mol. The van der Waals surface area contributed by atoms with Crippen LogP contribution in [0.25, 0.3) is 0 Å². The van der Waals surface area contributed by atoms with Gasteiger partial charge in [-0.3, -0.25) is 9.59 Å². The van der Waals surface area contributed by atoms with Crippen LogP contribution in [-0.2, 0) is 9.59 Å². The van der Waals surface area contributed by atoms with Gasteiger partial charge in [-0.2, -0.15) is 0 Å². The zero-order chi connectivity index (χ0) is 18.2. The lowest BCUT2D eigenvalue weighted by molar-refractivity contribution is -0.139. The van der Waals surface area contributed by atoms with E-state index < -0.39 is 0 Å². The molecule has 0 saturated heterocycles. The Bertz CT molecular complexity index is 701. The Labute approximate surface area is 152 Å². The summed E-state index contributed by atoms with van der Waals surface area (Å²) in [6, 6.07) is 0. The molecule has 4 rings (SSSR count). The first-order chi connectivity index (χ1) is 11.6. The monoisotopic (exact) mass is 340 g/mol. The first-order valence-electron chi connectivity index (χ1n) is 10.1. The van der Waals surface area contributed by atoms with Gasteiger partial charge < -0.3 is 0 Å². The maximum atomic E-state index is 12.7. The third-order valence-electron chi connectivity index (χ3n) is 9.42. The number of carbonyl (C=O) groups is 2. The highest BCUT2D eigenvalue weighted by atomic mass is 16.1. The molecule has 0 bridgehead atoms. The normalized spacial score (nSPS) is 51.4. The van der Waals surface area contributed by atoms with E-state index in [-0.39, 0.29) is 22.0 Å². The Morgan fingerprint density at radius 2 is 1.88 bits per heavy atom. The molecule has 25 heavy (non-hydrogen) atoms. The molecule has 0 unspecified atom stereocenters. The van der Waals surface area contributed by atoms with Crippen molar-refractivity contribution in [3.8, 4) is 0 Å². The Hall–Kier alpha value is -1.18. The zero-order valence-electron chi connectivity index (χ0n) is 16.4. The summed E-state index contributed by atoms with van der Waals surface area (Å²) in [5.41, 5.74) is 1.31. The fourth-order valence-corrected chi connectivity index (χ4v) is 7.33. The summed E-state index contributed by atoms with van der Waals surface area (Å²) < 4.78 is 0. The van der Waals surface area contributed by atoms with E-state index in [4.69, 9.17) is 0 Å². The van der Waals surface area contributed by atoms with Crippen molar-refractivity contribution in [2.75, 3.05) is 0 Å². The fraction of sp³-hybridized carbons (Fsp3) is 0.739. The number of allylic oxidation sites excluding steroid dienone is 4. The molecule has 0 aromatic rings. The Morgan fingerprint density at radius 1 is 1.16 bits per heavy atom. The molecule has 2 nitrogen and oxygen atoms in total. The van der Waals surface area contributed by atoms with Crippen LogP contribution in [0.4, 0.5) is 0 Å². The minimum atomic E-state index is -0.198. The molecule has 4 aliphatic rings. The van der Waals surface area contributed by atoms with Gasteiger partial charge in [-0.05, 0) is 78.8 Å². The molecular formula is C23H32O2. The van der Waals surface area contributed by atoms with Crippen molar-refractivity contribution in [1.29, 1.82) is 0 Å². The van der Waals surface area contributed by atoms with E-state index in [0.717, 1.165) is 19.3 Å². The maximum Gasteiger partial charge on any atom is 0.156 e. The summed E-state index contributed by atoms with van der Waals surface area (Å²) in [4.78, 5) is 24.6. The predicted molar refractivity (Wildman–Crippen MR) is 100.0 cm³/mol. The quantitative estimate of drug-likeness (QED) is 0.662.